The van der Waals surface area contributed by atoms with Crippen LogP contribution in [-0.2, 0) is 0 Å². The molecule has 0 radical (unpaired) electrons. The molecule has 0 aliphatic rings. The zero-order chi connectivity index (χ0) is 11.1. The molecule has 0 fully saturated rings. The van der Waals surface area contributed by atoms with Crippen LogP contribution in [-0.4, -0.2) is 52.7 Å². The molecule has 0 bridgehead atoms. The summed E-state index contributed by atoms with van der Waals surface area (Å²) in [5.41, 5.74) is 0. The molecule has 4 heteroatoms. The van der Waals surface area contributed by atoms with Crippen molar-refractivity contribution in [3.05, 3.63) is 0 Å². The van der Waals surface area contributed by atoms with Crippen LogP contribution in [0.4, 0.5) is 0 Å². The molecular formula is C10H28N2Si2. The Balaban J connectivity index is 3.88. The van der Waals surface area contributed by atoms with Gasteiger partial charge < -0.3 is 9.13 Å². The second-order valence-corrected chi connectivity index (χ2v) is 9.65. The van der Waals surface area contributed by atoms with Crippen molar-refractivity contribution >= 4 is 18.4 Å². The van der Waals surface area contributed by atoms with E-state index in [4.69, 9.17) is 0 Å². The highest BCUT2D eigenvalue weighted by molar-refractivity contribution is 6.97. The number of hydrogen-bond acceptors (Lipinski definition) is 2. The lowest BCUT2D eigenvalue weighted by Gasteiger charge is -2.30. The first-order chi connectivity index (χ1) is 6.52. The van der Waals surface area contributed by atoms with Gasteiger partial charge in [0.1, 0.15) is 0 Å². The molecule has 0 N–H and O–H groups in total. The van der Waals surface area contributed by atoms with E-state index in [2.05, 4.69) is 50.7 Å². The standard InChI is InChI=1S/C10H28N2Si2/c1-7-11(9(3)4)13-14-12(8-2)10(5)6/h9-10H,7-8,13-14H2,1-6H3. The van der Waals surface area contributed by atoms with E-state index in [9.17, 15) is 0 Å². The van der Waals surface area contributed by atoms with E-state index in [-0.39, 0.29) is 18.4 Å². The van der Waals surface area contributed by atoms with E-state index in [1.807, 2.05) is 0 Å². The molecule has 0 saturated heterocycles. The second kappa shape index (κ2) is 7.62. The van der Waals surface area contributed by atoms with Gasteiger partial charge in [-0.05, 0) is 25.2 Å². The van der Waals surface area contributed by atoms with Crippen LogP contribution in [0.15, 0.2) is 0 Å². The molecule has 0 heterocycles. The molecule has 0 aliphatic heterocycles. The summed E-state index contributed by atoms with van der Waals surface area (Å²) < 4.78 is 5.44. The van der Waals surface area contributed by atoms with Crippen LogP contribution in [0.5, 0.6) is 0 Å². The van der Waals surface area contributed by atoms with Crippen molar-refractivity contribution in [3.63, 3.8) is 0 Å². The minimum Gasteiger partial charge on any atom is -0.328 e. The van der Waals surface area contributed by atoms with Crippen molar-refractivity contribution in [3.8, 4) is 0 Å². The lowest BCUT2D eigenvalue weighted by Crippen LogP contribution is -2.46. The quantitative estimate of drug-likeness (QED) is 0.591. The fourth-order valence-electron chi connectivity index (χ4n) is 1.82. The highest BCUT2D eigenvalue weighted by Gasteiger charge is 2.12. The predicted molar refractivity (Wildman–Crippen MR) is 72.1 cm³/mol. The summed E-state index contributed by atoms with van der Waals surface area (Å²) >= 11 is 0. The van der Waals surface area contributed by atoms with Crippen LogP contribution in [0.1, 0.15) is 41.5 Å². The van der Waals surface area contributed by atoms with E-state index in [0.717, 1.165) is 12.1 Å². The summed E-state index contributed by atoms with van der Waals surface area (Å²) in [6.07, 6.45) is 0. The fourth-order valence-corrected chi connectivity index (χ4v) is 10.5. The number of rotatable bonds is 7. The molecule has 2 nitrogen and oxygen atoms in total. The van der Waals surface area contributed by atoms with Crippen molar-refractivity contribution in [2.75, 3.05) is 13.1 Å². The molecule has 0 unspecified atom stereocenters. The first kappa shape index (κ1) is 14.4. The number of nitrogens with zero attached hydrogens (tertiary/aromatic N) is 2. The zero-order valence-electron chi connectivity index (χ0n) is 10.9. The zero-order valence-corrected chi connectivity index (χ0v) is 13.7. The Hall–Kier alpha value is 0.354. The summed E-state index contributed by atoms with van der Waals surface area (Å²) in [6.45, 7) is 16.4. The molecule has 0 amide bonds. The van der Waals surface area contributed by atoms with Gasteiger partial charge in [0, 0.05) is 0 Å². The molecule has 0 aliphatic carbocycles. The van der Waals surface area contributed by atoms with E-state index in [1.54, 1.807) is 0 Å². The smallest absolute Gasteiger partial charge is 0.0971 e. The van der Waals surface area contributed by atoms with Crippen molar-refractivity contribution < 1.29 is 0 Å². The van der Waals surface area contributed by atoms with Gasteiger partial charge in [-0.25, -0.2) is 0 Å². The van der Waals surface area contributed by atoms with Gasteiger partial charge >= 0.3 is 0 Å². The third-order valence-corrected chi connectivity index (χ3v) is 10.7. The normalized spacial score (nSPS) is 14.1. The van der Waals surface area contributed by atoms with Crippen molar-refractivity contribution in [1.29, 1.82) is 0 Å². The summed E-state index contributed by atoms with van der Waals surface area (Å²) in [5, 5.41) is 0. The van der Waals surface area contributed by atoms with Crippen LogP contribution in [0.2, 0.25) is 0 Å². The summed E-state index contributed by atoms with van der Waals surface area (Å²) in [4.78, 5) is 0. The Bertz CT molecular complexity index is 124. The van der Waals surface area contributed by atoms with Crippen LogP contribution >= 0.6 is 0 Å². The lowest BCUT2D eigenvalue weighted by atomic mass is 10.4. The highest BCUT2D eigenvalue weighted by atomic mass is 29.2. The summed E-state index contributed by atoms with van der Waals surface area (Å²) in [6, 6.07) is 1.54. The minimum absolute atomic E-state index is 0.0747. The van der Waals surface area contributed by atoms with Gasteiger partial charge in [-0.1, -0.05) is 41.5 Å². The molecule has 0 saturated carbocycles. The van der Waals surface area contributed by atoms with E-state index in [1.165, 1.54) is 13.1 Å². The van der Waals surface area contributed by atoms with Crippen LogP contribution in [0, 0.1) is 0 Å². The molecular weight excluding hydrogens is 204 g/mol. The van der Waals surface area contributed by atoms with Crippen molar-refractivity contribution in [2.24, 2.45) is 0 Å². The SMILES string of the molecule is CCN([SiH2][SiH2]N(CC)C(C)C)C(C)C. The van der Waals surface area contributed by atoms with Gasteiger partial charge in [0.05, 0.1) is 18.4 Å². The third kappa shape index (κ3) is 5.29. The topological polar surface area (TPSA) is 6.48 Å². The highest BCUT2D eigenvalue weighted by Crippen LogP contribution is 1.98. The van der Waals surface area contributed by atoms with Gasteiger partial charge in [0.2, 0.25) is 0 Å². The van der Waals surface area contributed by atoms with E-state index < -0.39 is 0 Å². The van der Waals surface area contributed by atoms with Crippen LogP contribution in [0.25, 0.3) is 0 Å². The van der Waals surface area contributed by atoms with Gasteiger partial charge in [-0.3, -0.25) is 0 Å². The Morgan fingerprint density at radius 2 is 1.07 bits per heavy atom. The maximum absolute atomic E-state index is 2.72. The first-order valence-corrected chi connectivity index (χ1v) is 11.3. The van der Waals surface area contributed by atoms with Gasteiger partial charge in [-0.15, -0.1) is 0 Å². The first-order valence-electron chi connectivity index (χ1n) is 6.00. The Kier molecular flexibility index (Phi) is 7.81. The summed E-state index contributed by atoms with van der Waals surface area (Å²) in [7, 11) is 0.149. The Morgan fingerprint density at radius 1 is 0.786 bits per heavy atom. The minimum atomic E-state index is 0.0747. The average molecular weight is 233 g/mol. The molecule has 14 heavy (non-hydrogen) atoms. The average Bonchev–Trinajstić information content (AvgIpc) is 2.11. The number of hydrogen-bond donors (Lipinski definition) is 0. The summed E-state index contributed by atoms with van der Waals surface area (Å²) in [5.74, 6) is 0. The Morgan fingerprint density at radius 3 is 1.21 bits per heavy atom. The van der Waals surface area contributed by atoms with Gasteiger partial charge in [0.25, 0.3) is 0 Å². The van der Waals surface area contributed by atoms with Gasteiger partial charge in [-0.2, -0.15) is 0 Å². The molecule has 0 spiro atoms. The molecule has 0 aromatic rings. The molecule has 0 rings (SSSR count). The van der Waals surface area contributed by atoms with Gasteiger partial charge in [0.15, 0.2) is 0 Å². The monoisotopic (exact) mass is 232 g/mol. The van der Waals surface area contributed by atoms with Crippen LogP contribution in [0.3, 0.4) is 0 Å². The third-order valence-electron chi connectivity index (χ3n) is 2.95. The van der Waals surface area contributed by atoms with E-state index >= 15 is 0 Å². The molecule has 0 aromatic heterocycles. The van der Waals surface area contributed by atoms with Crippen molar-refractivity contribution in [1.82, 2.24) is 9.13 Å². The molecule has 86 valence electrons. The lowest BCUT2D eigenvalue weighted by molar-refractivity contribution is 0.379. The predicted octanol–water partition coefficient (Wildman–Crippen LogP) is 0.530. The van der Waals surface area contributed by atoms with Crippen LogP contribution < -0.4 is 0 Å². The fraction of sp³-hybridized carbons (Fsp3) is 1.00. The molecule has 0 atom stereocenters. The maximum Gasteiger partial charge on any atom is 0.0971 e. The second-order valence-electron chi connectivity index (χ2n) is 4.44. The maximum atomic E-state index is 2.72. The molecule has 0 aromatic carbocycles. The van der Waals surface area contributed by atoms with E-state index in [0.29, 0.717) is 0 Å². The van der Waals surface area contributed by atoms with Crippen molar-refractivity contribution in [2.45, 2.75) is 53.6 Å². The largest absolute Gasteiger partial charge is 0.328 e. The Labute approximate surface area is 94.6 Å².